The molecule has 0 amide bonds. The maximum Gasteiger partial charge on any atom is 0.182 e. The summed E-state index contributed by atoms with van der Waals surface area (Å²) in [5.74, 6) is 0.829. The SMILES string of the molecule is CCNc1ncc(COc2ccccc2CCO)s1. The molecule has 0 bridgehead atoms. The zero-order chi connectivity index (χ0) is 13.5. The van der Waals surface area contributed by atoms with Crippen LogP contribution in [0.15, 0.2) is 30.5 Å². The maximum absolute atomic E-state index is 9.02. The summed E-state index contributed by atoms with van der Waals surface area (Å²) in [4.78, 5) is 5.34. The quantitative estimate of drug-likeness (QED) is 0.817. The molecule has 0 radical (unpaired) electrons. The number of rotatable bonds is 7. The molecule has 0 saturated carbocycles. The molecule has 2 N–H and O–H groups in total. The fourth-order valence-electron chi connectivity index (χ4n) is 1.73. The van der Waals surface area contributed by atoms with Crippen molar-refractivity contribution in [3.05, 3.63) is 40.9 Å². The van der Waals surface area contributed by atoms with Crippen LogP contribution in [0.4, 0.5) is 5.13 Å². The first-order chi connectivity index (χ1) is 9.33. The average Bonchev–Trinajstić information content (AvgIpc) is 2.86. The van der Waals surface area contributed by atoms with Gasteiger partial charge in [0.1, 0.15) is 12.4 Å². The summed E-state index contributed by atoms with van der Waals surface area (Å²) in [5, 5.41) is 13.1. The number of aliphatic hydroxyl groups excluding tert-OH is 1. The van der Waals surface area contributed by atoms with Crippen LogP contribution in [0.3, 0.4) is 0 Å². The van der Waals surface area contributed by atoms with Crippen molar-refractivity contribution in [2.75, 3.05) is 18.5 Å². The molecule has 102 valence electrons. The van der Waals surface area contributed by atoms with Crippen LogP contribution < -0.4 is 10.1 Å². The number of hydrogen-bond acceptors (Lipinski definition) is 5. The lowest BCUT2D eigenvalue weighted by Gasteiger charge is -2.09. The number of ether oxygens (including phenoxy) is 1. The van der Waals surface area contributed by atoms with Crippen molar-refractivity contribution in [2.24, 2.45) is 0 Å². The van der Waals surface area contributed by atoms with Crippen LogP contribution in [-0.4, -0.2) is 23.2 Å². The van der Waals surface area contributed by atoms with E-state index in [9.17, 15) is 0 Å². The normalized spacial score (nSPS) is 10.4. The van der Waals surface area contributed by atoms with Crippen LogP contribution >= 0.6 is 11.3 Å². The fraction of sp³-hybridized carbons (Fsp3) is 0.357. The van der Waals surface area contributed by atoms with Gasteiger partial charge < -0.3 is 15.2 Å². The average molecular weight is 278 g/mol. The highest BCUT2D eigenvalue weighted by molar-refractivity contribution is 7.15. The van der Waals surface area contributed by atoms with Gasteiger partial charge >= 0.3 is 0 Å². The van der Waals surface area contributed by atoms with Gasteiger partial charge in [-0.2, -0.15) is 0 Å². The number of aliphatic hydroxyl groups is 1. The first-order valence-corrected chi connectivity index (χ1v) is 7.15. The molecule has 0 atom stereocenters. The lowest BCUT2D eigenvalue weighted by molar-refractivity contribution is 0.285. The third-order valence-electron chi connectivity index (χ3n) is 2.61. The highest BCUT2D eigenvalue weighted by Gasteiger charge is 2.05. The van der Waals surface area contributed by atoms with Gasteiger partial charge in [-0.3, -0.25) is 0 Å². The van der Waals surface area contributed by atoms with E-state index in [1.165, 1.54) is 0 Å². The number of anilines is 1. The van der Waals surface area contributed by atoms with Crippen LogP contribution in [0.25, 0.3) is 0 Å². The molecule has 0 fully saturated rings. The molecule has 0 aliphatic carbocycles. The Morgan fingerprint density at radius 3 is 3.00 bits per heavy atom. The van der Waals surface area contributed by atoms with Crippen LogP contribution in [0.2, 0.25) is 0 Å². The number of aromatic nitrogens is 1. The standard InChI is InChI=1S/C14H18N2O2S/c1-2-15-14-16-9-12(19-14)10-18-13-6-4-3-5-11(13)7-8-17/h3-6,9,17H,2,7-8,10H2,1H3,(H,15,16). The van der Waals surface area contributed by atoms with Crippen LogP contribution in [0.1, 0.15) is 17.4 Å². The molecule has 2 rings (SSSR count). The topological polar surface area (TPSA) is 54.4 Å². The number of nitrogens with one attached hydrogen (secondary N) is 1. The third kappa shape index (κ3) is 3.94. The Hall–Kier alpha value is -1.59. The molecule has 2 aromatic rings. The van der Waals surface area contributed by atoms with E-state index in [0.717, 1.165) is 27.9 Å². The summed E-state index contributed by atoms with van der Waals surface area (Å²) in [6.45, 7) is 3.55. The Balaban J connectivity index is 1.97. The lowest BCUT2D eigenvalue weighted by Crippen LogP contribution is -1.99. The number of thiazole rings is 1. The zero-order valence-electron chi connectivity index (χ0n) is 10.9. The predicted molar refractivity (Wildman–Crippen MR) is 77.8 cm³/mol. The largest absolute Gasteiger partial charge is 0.488 e. The van der Waals surface area contributed by atoms with Crippen molar-refractivity contribution in [1.82, 2.24) is 4.98 Å². The molecule has 19 heavy (non-hydrogen) atoms. The van der Waals surface area contributed by atoms with Crippen LogP contribution in [0.5, 0.6) is 5.75 Å². The summed E-state index contributed by atoms with van der Waals surface area (Å²) < 4.78 is 5.80. The molecule has 0 spiro atoms. The van der Waals surface area contributed by atoms with E-state index in [0.29, 0.717) is 13.0 Å². The van der Waals surface area contributed by atoms with Crippen molar-refractivity contribution in [3.63, 3.8) is 0 Å². The van der Waals surface area contributed by atoms with Gasteiger partial charge in [-0.1, -0.05) is 29.5 Å². The highest BCUT2D eigenvalue weighted by atomic mass is 32.1. The summed E-state index contributed by atoms with van der Waals surface area (Å²) in [5.41, 5.74) is 1.03. The van der Waals surface area contributed by atoms with Gasteiger partial charge in [0.2, 0.25) is 0 Å². The van der Waals surface area contributed by atoms with Crippen LogP contribution in [0, 0.1) is 0 Å². The Labute approximate surface area is 117 Å². The highest BCUT2D eigenvalue weighted by Crippen LogP contribution is 2.23. The summed E-state index contributed by atoms with van der Waals surface area (Å²) in [6.07, 6.45) is 2.44. The molecular weight excluding hydrogens is 260 g/mol. The van der Waals surface area contributed by atoms with Crippen molar-refractivity contribution in [2.45, 2.75) is 20.0 Å². The molecule has 5 heteroatoms. The van der Waals surface area contributed by atoms with Gasteiger partial charge in [-0.15, -0.1) is 0 Å². The molecular formula is C14H18N2O2S. The number of benzene rings is 1. The maximum atomic E-state index is 9.02. The van der Waals surface area contributed by atoms with Crippen molar-refractivity contribution < 1.29 is 9.84 Å². The molecule has 4 nitrogen and oxygen atoms in total. The van der Waals surface area contributed by atoms with Gasteiger partial charge in [0.25, 0.3) is 0 Å². The summed E-state index contributed by atoms with van der Waals surface area (Å²) >= 11 is 1.60. The summed E-state index contributed by atoms with van der Waals surface area (Å²) in [7, 11) is 0. The van der Waals surface area contributed by atoms with Gasteiger partial charge in [0.15, 0.2) is 5.13 Å². The lowest BCUT2D eigenvalue weighted by atomic mass is 10.1. The minimum atomic E-state index is 0.130. The van der Waals surface area contributed by atoms with E-state index >= 15 is 0 Å². The van der Waals surface area contributed by atoms with Crippen LogP contribution in [-0.2, 0) is 13.0 Å². The second kappa shape index (κ2) is 7.11. The minimum Gasteiger partial charge on any atom is -0.488 e. The summed E-state index contributed by atoms with van der Waals surface area (Å²) in [6, 6.07) is 7.79. The number of hydrogen-bond donors (Lipinski definition) is 2. The number of para-hydroxylation sites is 1. The molecule has 1 aromatic carbocycles. The predicted octanol–water partition coefficient (Wildman–Crippen LogP) is 2.69. The van der Waals surface area contributed by atoms with Crippen molar-refractivity contribution in [1.29, 1.82) is 0 Å². The second-order valence-electron chi connectivity index (χ2n) is 4.03. The Morgan fingerprint density at radius 2 is 2.21 bits per heavy atom. The first-order valence-electron chi connectivity index (χ1n) is 6.33. The molecule has 1 aromatic heterocycles. The molecule has 0 aliphatic rings. The molecule has 0 saturated heterocycles. The van der Waals surface area contributed by atoms with E-state index < -0.39 is 0 Å². The van der Waals surface area contributed by atoms with Gasteiger partial charge in [0.05, 0.1) is 4.88 Å². The van der Waals surface area contributed by atoms with Crippen molar-refractivity contribution in [3.8, 4) is 5.75 Å². The minimum absolute atomic E-state index is 0.130. The van der Waals surface area contributed by atoms with E-state index in [4.69, 9.17) is 9.84 Å². The van der Waals surface area contributed by atoms with Gasteiger partial charge in [0, 0.05) is 19.3 Å². The van der Waals surface area contributed by atoms with Crippen molar-refractivity contribution >= 4 is 16.5 Å². The van der Waals surface area contributed by atoms with Gasteiger partial charge in [-0.25, -0.2) is 4.98 Å². The number of nitrogens with zero attached hydrogens (tertiary/aromatic N) is 1. The Morgan fingerprint density at radius 1 is 1.37 bits per heavy atom. The smallest absolute Gasteiger partial charge is 0.182 e. The Kier molecular flexibility index (Phi) is 5.18. The molecule has 0 unspecified atom stereocenters. The molecule has 0 aliphatic heterocycles. The van der Waals surface area contributed by atoms with E-state index in [1.54, 1.807) is 11.3 Å². The van der Waals surface area contributed by atoms with E-state index in [1.807, 2.05) is 37.4 Å². The molecule has 1 heterocycles. The Bertz CT molecular complexity index is 514. The zero-order valence-corrected chi connectivity index (χ0v) is 11.7. The third-order valence-corrected chi connectivity index (χ3v) is 3.53. The van der Waals surface area contributed by atoms with E-state index in [2.05, 4.69) is 10.3 Å². The second-order valence-corrected chi connectivity index (χ2v) is 5.15. The fourth-order valence-corrected chi connectivity index (χ4v) is 2.52. The monoisotopic (exact) mass is 278 g/mol. The first kappa shape index (κ1) is 13.8. The van der Waals surface area contributed by atoms with Gasteiger partial charge in [-0.05, 0) is 25.0 Å². The van der Waals surface area contributed by atoms with E-state index in [-0.39, 0.29) is 6.61 Å².